The Bertz CT molecular complexity index is 866. The van der Waals surface area contributed by atoms with Crippen molar-refractivity contribution in [3.63, 3.8) is 0 Å². The van der Waals surface area contributed by atoms with Crippen LogP contribution >= 0.6 is 58.0 Å². The summed E-state index contributed by atoms with van der Waals surface area (Å²) >= 11 is 29.9. The molecule has 1 nitrogen and oxygen atoms in total. The largest absolute Gasteiger partial charge is 0.404 e. The molecule has 0 fully saturated rings. The summed E-state index contributed by atoms with van der Waals surface area (Å²) in [5.74, 6) is 0. The van der Waals surface area contributed by atoms with Gasteiger partial charge in [-0.3, -0.25) is 0 Å². The molecular weight excluding hydrogens is 534 g/mol. The van der Waals surface area contributed by atoms with Gasteiger partial charge in [-0.25, -0.2) is 0 Å². The molecule has 0 saturated heterocycles. The van der Waals surface area contributed by atoms with E-state index in [9.17, 15) is 0 Å². The molecule has 0 aliphatic rings. The Hall–Kier alpha value is -0.713. The fraction of sp³-hybridized carbons (Fsp3) is 0.308. The molecule has 0 radical (unpaired) electrons. The van der Waals surface area contributed by atoms with E-state index in [1.165, 1.54) is 15.6 Å². The second kappa shape index (κ2) is 12.3. The maximum absolute atomic E-state index is 6.91. The Kier molecular flexibility index (Phi) is 10.0. The Labute approximate surface area is 223 Å². The van der Waals surface area contributed by atoms with Crippen LogP contribution < -0.4 is 15.6 Å². The molecule has 0 saturated carbocycles. The second-order valence-electron chi connectivity index (χ2n) is 7.99. The molecule has 176 valence electrons. The molecule has 3 aromatic carbocycles. The standard InChI is InChI=1S/C26H27Cl5OSi/c27-25(28,26(29,30)31)20-12-1-2-13-21-32-33(22-14-6-3-7-15-22,23-16-8-4-9-17-23)24-18-10-5-11-19-24/h3-11,14-19H,1-2,12-13,20-21H2. The van der Waals surface area contributed by atoms with Gasteiger partial charge < -0.3 is 4.43 Å². The summed E-state index contributed by atoms with van der Waals surface area (Å²) in [7, 11) is -2.64. The fourth-order valence-corrected chi connectivity index (χ4v) is 8.43. The van der Waals surface area contributed by atoms with Crippen molar-refractivity contribution in [2.75, 3.05) is 6.61 Å². The molecule has 0 N–H and O–H groups in total. The van der Waals surface area contributed by atoms with Gasteiger partial charge in [-0.2, -0.15) is 0 Å². The van der Waals surface area contributed by atoms with Gasteiger partial charge in [0.25, 0.3) is 8.32 Å². The zero-order valence-electron chi connectivity index (χ0n) is 18.2. The smallest absolute Gasteiger partial charge is 0.288 e. The first-order valence-corrected chi connectivity index (χ1v) is 14.8. The van der Waals surface area contributed by atoms with Gasteiger partial charge in [-0.15, -0.1) is 0 Å². The zero-order valence-corrected chi connectivity index (χ0v) is 23.0. The van der Waals surface area contributed by atoms with Crippen LogP contribution in [0.15, 0.2) is 91.0 Å². The number of unbranched alkanes of at least 4 members (excludes halogenated alkanes) is 3. The first-order chi connectivity index (χ1) is 15.8. The van der Waals surface area contributed by atoms with E-state index in [1.807, 2.05) is 18.2 Å². The van der Waals surface area contributed by atoms with Crippen molar-refractivity contribution in [2.24, 2.45) is 0 Å². The van der Waals surface area contributed by atoms with E-state index in [2.05, 4.69) is 72.8 Å². The lowest BCUT2D eigenvalue weighted by Crippen LogP contribution is -2.69. The lowest BCUT2D eigenvalue weighted by molar-refractivity contribution is 0.309. The number of alkyl halides is 5. The van der Waals surface area contributed by atoms with Crippen molar-refractivity contribution in [3.05, 3.63) is 91.0 Å². The van der Waals surface area contributed by atoms with Crippen molar-refractivity contribution in [3.8, 4) is 0 Å². The maximum Gasteiger partial charge on any atom is 0.288 e. The van der Waals surface area contributed by atoms with E-state index in [1.54, 1.807) is 0 Å². The summed E-state index contributed by atoms with van der Waals surface area (Å²) in [6.45, 7) is 0.655. The Balaban J connectivity index is 1.73. The third-order valence-corrected chi connectivity index (χ3v) is 12.2. The van der Waals surface area contributed by atoms with E-state index >= 15 is 0 Å². The lowest BCUT2D eigenvalue weighted by atomic mass is 10.1. The predicted molar refractivity (Wildman–Crippen MR) is 148 cm³/mol. The third kappa shape index (κ3) is 6.92. The third-order valence-electron chi connectivity index (χ3n) is 5.66. The molecule has 0 spiro atoms. The number of halogens is 5. The van der Waals surface area contributed by atoms with Gasteiger partial charge in [0, 0.05) is 6.61 Å². The molecule has 33 heavy (non-hydrogen) atoms. The van der Waals surface area contributed by atoms with Crippen LogP contribution in [0.2, 0.25) is 0 Å². The first-order valence-electron chi connectivity index (χ1n) is 11.0. The van der Waals surface area contributed by atoms with Gasteiger partial charge in [0.15, 0.2) is 4.33 Å². The molecule has 0 amide bonds. The average Bonchev–Trinajstić information content (AvgIpc) is 2.82. The molecule has 3 rings (SSSR count). The molecule has 0 aromatic heterocycles. The minimum absolute atomic E-state index is 0.421. The van der Waals surface area contributed by atoms with Crippen LogP contribution in [0.3, 0.4) is 0 Å². The molecule has 7 heteroatoms. The van der Waals surface area contributed by atoms with Crippen LogP contribution in [0.25, 0.3) is 0 Å². The number of hydrogen-bond acceptors (Lipinski definition) is 1. The van der Waals surface area contributed by atoms with Crippen molar-refractivity contribution in [1.82, 2.24) is 0 Å². The summed E-state index contributed by atoms with van der Waals surface area (Å²) in [5.41, 5.74) is 0. The van der Waals surface area contributed by atoms with E-state index in [0.717, 1.165) is 25.7 Å². The highest BCUT2D eigenvalue weighted by molar-refractivity contribution is 7.07. The first kappa shape index (κ1) is 26.9. The molecule has 0 bridgehead atoms. The van der Waals surface area contributed by atoms with E-state index < -0.39 is 16.4 Å². The van der Waals surface area contributed by atoms with Crippen LogP contribution in [0, 0.1) is 0 Å². The van der Waals surface area contributed by atoms with Crippen molar-refractivity contribution in [2.45, 2.75) is 40.2 Å². The summed E-state index contributed by atoms with van der Waals surface area (Å²) < 4.78 is 3.83. The predicted octanol–water partition coefficient (Wildman–Crippen LogP) is 7.16. The Morgan fingerprint density at radius 1 is 0.545 bits per heavy atom. The summed E-state index contributed by atoms with van der Waals surface area (Å²) in [6.07, 6.45) is 4.03. The maximum atomic E-state index is 6.91. The van der Waals surface area contributed by atoms with E-state index in [4.69, 9.17) is 62.4 Å². The highest BCUT2D eigenvalue weighted by atomic mass is 35.6. The van der Waals surface area contributed by atoms with Gasteiger partial charge in [-0.1, -0.05) is 168 Å². The molecule has 0 heterocycles. The molecular formula is C26H27Cl5OSi. The molecule has 0 unspecified atom stereocenters. The number of benzene rings is 3. The minimum atomic E-state index is -2.64. The van der Waals surface area contributed by atoms with Crippen LogP contribution in [0.5, 0.6) is 0 Å². The Morgan fingerprint density at radius 2 is 0.939 bits per heavy atom. The number of rotatable bonds is 11. The van der Waals surface area contributed by atoms with Crippen LogP contribution in [0.1, 0.15) is 32.1 Å². The quantitative estimate of drug-likeness (QED) is 0.105. The second-order valence-corrected chi connectivity index (χ2v) is 15.1. The van der Waals surface area contributed by atoms with Crippen molar-refractivity contribution in [1.29, 1.82) is 0 Å². The van der Waals surface area contributed by atoms with Crippen molar-refractivity contribution >= 4 is 81.9 Å². The van der Waals surface area contributed by atoms with Gasteiger partial charge in [0.1, 0.15) is 0 Å². The van der Waals surface area contributed by atoms with Gasteiger partial charge in [-0.05, 0) is 28.4 Å². The van der Waals surface area contributed by atoms with Gasteiger partial charge >= 0.3 is 0 Å². The topological polar surface area (TPSA) is 9.23 Å². The normalized spacial score (nSPS) is 12.6. The molecule has 0 aliphatic carbocycles. The zero-order chi connectivity index (χ0) is 23.8. The van der Waals surface area contributed by atoms with Gasteiger partial charge in [0.05, 0.1) is 0 Å². The average molecular weight is 561 g/mol. The van der Waals surface area contributed by atoms with Crippen LogP contribution in [-0.4, -0.2) is 23.1 Å². The van der Waals surface area contributed by atoms with Crippen LogP contribution in [0.4, 0.5) is 0 Å². The van der Waals surface area contributed by atoms with E-state index in [0.29, 0.717) is 13.0 Å². The Morgan fingerprint density at radius 3 is 1.33 bits per heavy atom. The highest BCUT2D eigenvalue weighted by Gasteiger charge is 2.45. The van der Waals surface area contributed by atoms with E-state index in [-0.39, 0.29) is 0 Å². The summed E-state index contributed by atoms with van der Waals surface area (Å²) in [6, 6.07) is 31.7. The molecule has 3 aromatic rings. The lowest BCUT2D eigenvalue weighted by Gasteiger charge is -2.33. The SMILES string of the molecule is ClC(Cl)(Cl)C(Cl)(Cl)CCCCCCO[Si](c1ccccc1)(c1ccccc1)c1ccccc1. The number of hydrogen-bond donors (Lipinski definition) is 0. The van der Waals surface area contributed by atoms with Gasteiger partial charge in [0.2, 0.25) is 3.79 Å². The summed E-state index contributed by atoms with van der Waals surface area (Å²) in [4.78, 5) is 0. The van der Waals surface area contributed by atoms with Crippen LogP contribution in [-0.2, 0) is 4.43 Å². The molecule has 0 aliphatic heterocycles. The monoisotopic (exact) mass is 558 g/mol. The highest BCUT2D eigenvalue weighted by Crippen LogP contribution is 2.48. The minimum Gasteiger partial charge on any atom is -0.404 e. The fourth-order valence-electron chi connectivity index (χ4n) is 3.94. The van der Waals surface area contributed by atoms with Crippen molar-refractivity contribution < 1.29 is 4.43 Å². The summed E-state index contributed by atoms with van der Waals surface area (Å²) in [5, 5.41) is 3.71. The molecule has 0 atom stereocenters.